The van der Waals surface area contributed by atoms with Crippen LogP contribution >= 0.6 is 0 Å². The van der Waals surface area contributed by atoms with Crippen molar-refractivity contribution in [1.29, 1.82) is 0 Å². The normalized spacial score (nSPS) is 15.1. The van der Waals surface area contributed by atoms with Crippen LogP contribution in [0.25, 0.3) is 11.1 Å². The summed E-state index contributed by atoms with van der Waals surface area (Å²) in [6, 6.07) is 17.7. The highest BCUT2D eigenvalue weighted by molar-refractivity contribution is 5.63. The van der Waals surface area contributed by atoms with Gasteiger partial charge in [-0.15, -0.1) is 0 Å². The molecule has 0 atom stereocenters. The molecule has 1 aliphatic rings. The van der Waals surface area contributed by atoms with Crippen molar-refractivity contribution in [2.24, 2.45) is 11.8 Å². The van der Waals surface area contributed by atoms with Crippen LogP contribution in [-0.4, -0.2) is 9.13 Å². The van der Waals surface area contributed by atoms with E-state index in [0.29, 0.717) is 18.8 Å². The van der Waals surface area contributed by atoms with Gasteiger partial charge in [-0.2, -0.15) is 13.2 Å². The lowest BCUT2D eigenvalue weighted by atomic mass is 9.87. The number of halogens is 3. The van der Waals surface area contributed by atoms with Gasteiger partial charge in [-0.05, 0) is 47.8 Å². The van der Waals surface area contributed by atoms with E-state index in [9.17, 15) is 18.0 Å². The molecule has 0 radical (unpaired) electrons. The summed E-state index contributed by atoms with van der Waals surface area (Å²) in [5, 5.41) is 0. The minimum atomic E-state index is -4.57. The number of benzene rings is 2. The van der Waals surface area contributed by atoms with Crippen molar-refractivity contribution in [3.05, 3.63) is 82.0 Å². The zero-order chi connectivity index (χ0) is 25.7. The van der Waals surface area contributed by atoms with Crippen LogP contribution in [0.1, 0.15) is 75.7 Å². The summed E-state index contributed by atoms with van der Waals surface area (Å²) in [5.41, 5.74) is 1.77. The number of aromatic nitrogens is 2. The van der Waals surface area contributed by atoms with E-state index in [1.165, 1.54) is 11.0 Å². The Morgan fingerprint density at radius 1 is 0.889 bits per heavy atom. The second kappa shape index (κ2) is 11.5. The molecule has 2 aromatic carbocycles. The molecule has 6 heteroatoms. The molecular weight excluding hydrogens is 461 g/mol. The van der Waals surface area contributed by atoms with Gasteiger partial charge in [0.2, 0.25) is 0 Å². The van der Waals surface area contributed by atoms with Gasteiger partial charge < -0.3 is 0 Å². The Morgan fingerprint density at radius 3 is 2.14 bits per heavy atom. The fourth-order valence-corrected chi connectivity index (χ4v) is 5.41. The summed E-state index contributed by atoms with van der Waals surface area (Å²) in [4.78, 5) is 13.5. The third-order valence-corrected chi connectivity index (χ3v) is 7.45. The predicted octanol–water partition coefficient (Wildman–Crippen LogP) is 7.94. The minimum absolute atomic E-state index is 0.122. The number of hydrogen-bond acceptors (Lipinski definition) is 1. The van der Waals surface area contributed by atoms with Gasteiger partial charge in [0.05, 0.1) is 12.2 Å². The third-order valence-electron chi connectivity index (χ3n) is 7.45. The molecule has 0 aliphatic heterocycles. The van der Waals surface area contributed by atoms with Crippen LogP contribution in [0.4, 0.5) is 13.2 Å². The summed E-state index contributed by atoms with van der Waals surface area (Å²) in [5.74, 6) is 0.644. The summed E-state index contributed by atoms with van der Waals surface area (Å²) in [6.07, 6.45) is 2.44. The lowest BCUT2D eigenvalue weighted by Crippen LogP contribution is -2.28. The largest absolute Gasteiger partial charge is 0.433 e. The molecule has 3 aromatic rings. The van der Waals surface area contributed by atoms with Crippen molar-refractivity contribution in [2.75, 3.05) is 0 Å². The molecule has 0 amide bonds. The molecule has 0 bridgehead atoms. The van der Waals surface area contributed by atoms with Crippen LogP contribution in [0.2, 0.25) is 0 Å². The highest BCUT2D eigenvalue weighted by Crippen LogP contribution is 2.34. The SMILES string of the molecule is CC(C)CCc1c(C(F)(F)F)n(CCC2CCCCC2)c(=O)n1Cc1ccc(-c2ccccc2)cc1. The highest BCUT2D eigenvalue weighted by atomic mass is 19.4. The lowest BCUT2D eigenvalue weighted by molar-refractivity contribution is -0.144. The van der Waals surface area contributed by atoms with Crippen LogP contribution in [-0.2, 0) is 25.7 Å². The van der Waals surface area contributed by atoms with Gasteiger partial charge in [-0.3, -0.25) is 9.13 Å². The van der Waals surface area contributed by atoms with Crippen molar-refractivity contribution >= 4 is 0 Å². The maximum absolute atomic E-state index is 14.4. The molecular formula is C30H37F3N2O. The molecule has 0 spiro atoms. The molecule has 1 aliphatic carbocycles. The van der Waals surface area contributed by atoms with Gasteiger partial charge in [-0.1, -0.05) is 101 Å². The first kappa shape index (κ1) is 26.3. The van der Waals surface area contributed by atoms with E-state index in [2.05, 4.69) is 0 Å². The van der Waals surface area contributed by atoms with Crippen LogP contribution in [0.3, 0.4) is 0 Å². The van der Waals surface area contributed by atoms with Gasteiger partial charge in [0.1, 0.15) is 5.69 Å². The smallest absolute Gasteiger partial charge is 0.291 e. The maximum atomic E-state index is 14.4. The van der Waals surface area contributed by atoms with Crippen LogP contribution in [0, 0.1) is 11.8 Å². The third kappa shape index (κ3) is 6.32. The zero-order valence-electron chi connectivity index (χ0n) is 21.4. The van der Waals surface area contributed by atoms with Crippen molar-refractivity contribution in [1.82, 2.24) is 9.13 Å². The van der Waals surface area contributed by atoms with E-state index in [4.69, 9.17) is 0 Å². The van der Waals surface area contributed by atoms with E-state index in [0.717, 1.165) is 46.9 Å². The van der Waals surface area contributed by atoms with E-state index < -0.39 is 17.6 Å². The maximum Gasteiger partial charge on any atom is 0.433 e. The molecule has 0 saturated heterocycles. The number of imidazole rings is 1. The Morgan fingerprint density at radius 2 is 1.53 bits per heavy atom. The van der Waals surface area contributed by atoms with Crippen molar-refractivity contribution < 1.29 is 13.2 Å². The molecule has 4 rings (SSSR count). The number of hydrogen-bond donors (Lipinski definition) is 0. The van der Waals surface area contributed by atoms with Crippen molar-refractivity contribution in [3.8, 4) is 11.1 Å². The van der Waals surface area contributed by atoms with Gasteiger partial charge >= 0.3 is 11.9 Å². The Balaban J connectivity index is 1.68. The first-order valence-electron chi connectivity index (χ1n) is 13.3. The quantitative estimate of drug-likeness (QED) is 0.294. The summed E-state index contributed by atoms with van der Waals surface area (Å²) < 4.78 is 45.6. The Labute approximate surface area is 212 Å². The fourth-order valence-electron chi connectivity index (χ4n) is 5.41. The van der Waals surface area contributed by atoms with Crippen LogP contribution in [0.15, 0.2) is 59.4 Å². The van der Waals surface area contributed by atoms with Gasteiger partial charge in [0.25, 0.3) is 0 Å². The topological polar surface area (TPSA) is 26.9 Å². The summed E-state index contributed by atoms with van der Waals surface area (Å²) >= 11 is 0. The van der Waals surface area contributed by atoms with Gasteiger partial charge in [0, 0.05) is 6.54 Å². The van der Waals surface area contributed by atoms with Crippen LogP contribution in [0.5, 0.6) is 0 Å². The summed E-state index contributed by atoms with van der Waals surface area (Å²) in [6.45, 7) is 4.27. The second-order valence-electron chi connectivity index (χ2n) is 10.6. The number of rotatable bonds is 9. The van der Waals surface area contributed by atoms with Gasteiger partial charge in [-0.25, -0.2) is 4.79 Å². The number of alkyl halides is 3. The molecule has 3 nitrogen and oxygen atoms in total. The summed E-state index contributed by atoms with van der Waals surface area (Å²) in [7, 11) is 0. The van der Waals surface area contributed by atoms with E-state index in [1.807, 2.05) is 68.4 Å². The van der Waals surface area contributed by atoms with Crippen molar-refractivity contribution in [2.45, 2.75) is 84.5 Å². The molecule has 1 fully saturated rings. The van der Waals surface area contributed by atoms with Crippen molar-refractivity contribution in [3.63, 3.8) is 0 Å². The Bertz CT molecular complexity index is 1170. The predicted molar refractivity (Wildman–Crippen MR) is 139 cm³/mol. The molecule has 1 heterocycles. The highest BCUT2D eigenvalue weighted by Gasteiger charge is 2.40. The number of nitrogens with zero attached hydrogens (tertiary/aromatic N) is 2. The lowest BCUT2D eigenvalue weighted by Gasteiger charge is -2.22. The molecule has 194 valence electrons. The zero-order valence-corrected chi connectivity index (χ0v) is 21.4. The minimum Gasteiger partial charge on any atom is -0.291 e. The molecule has 1 aromatic heterocycles. The second-order valence-corrected chi connectivity index (χ2v) is 10.6. The monoisotopic (exact) mass is 498 g/mol. The molecule has 1 saturated carbocycles. The first-order valence-corrected chi connectivity index (χ1v) is 13.3. The Kier molecular flexibility index (Phi) is 8.43. The fraction of sp³-hybridized carbons (Fsp3) is 0.500. The first-order chi connectivity index (χ1) is 17.2. The molecule has 0 unspecified atom stereocenters. The average molecular weight is 499 g/mol. The average Bonchev–Trinajstić information content (AvgIpc) is 3.14. The van der Waals surface area contributed by atoms with Crippen LogP contribution < -0.4 is 5.69 Å². The van der Waals surface area contributed by atoms with E-state index in [-0.39, 0.29) is 31.1 Å². The van der Waals surface area contributed by atoms with E-state index in [1.54, 1.807) is 0 Å². The standard InChI is InChI=1S/C30H37F3N2O/c1-22(2)13-18-27-28(30(31,32)33)34(20-19-23-9-5-3-6-10-23)29(36)35(27)21-24-14-16-26(17-15-24)25-11-7-4-8-12-25/h4,7-8,11-12,14-17,22-23H,3,5-6,9-10,13,18-21H2,1-2H3. The van der Waals surface area contributed by atoms with E-state index >= 15 is 0 Å². The molecule has 36 heavy (non-hydrogen) atoms. The molecule has 0 N–H and O–H groups in total. The Hall–Kier alpha value is -2.76. The van der Waals surface area contributed by atoms with Gasteiger partial charge in [0.15, 0.2) is 0 Å².